The molecule has 1 aliphatic heterocycles. The average molecular weight is 294 g/mol. The van der Waals surface area contributed by atoms with Gasteiger partial charge in [0.2, 0.25) is 0 Å². The second kappa shape index (κ2) is 4.86. The number of halogens is 5. The summed E-state index contributed by atoms with van der Waals surface area (Å²) in [7, 11) is 0. The van der Waals surface area contributed by atoms with Crippen LogP contribution in [0.2, 0.25) is 10.0 Å². The second-order valence-corrected chi connectivity index (χ2v) is 4.59. The van der Waals surface area contributed by atoms with E-state index in [1.165, 1.54) is 12.3 Å². The second-order valence-electron chi connectivity index (χ2n) is 3.78. The van der Waals surface area contributed by atoms with E-state index in [9.17, 15) is 13.2 Å². The minimum atomic E-state index is -4.33. The van der Waals surface area contributed by atoms with Gasteiger partial charge in [0.15, 0.2) is 0 Å². The van der Waals surface area contributed by atoms with Crippen LogP contribution in [0.1, 0.15) is 5.56 Å². The van der Waals surface area contributed by atoms with Crippen LogP contribution < -0.4 is 5.32 Å². The molecule has 1 aromatic rings. The van der Waals surface area contributed by atoms with Crippen LogP contribution >= 0.6 is 23.2 Å². The van der Waals surface area contributed by atoms with Crippen molar-refractivity contribution in [3.63, 3.8) is 0 Å². The molecule has 1 nitrogen and oxygen atoms in total. The number of hydrogen-bond donors (Lipinski definition) is 1. The van der Waals surface area contributed by atoms with Crippen molar-refractivity contribution < 1.29 is 13.2 Å². The molecule has 0 atom stereocenters. The first-order chi connectivity index (χ1) is 8.38. The molecule has 0 bridgehead atoms. The Balaban J connectivity index is 2.37. The van der Waals surface area contributed by atoms with Crippen LogP contribution in [-0.2, 0) is 0 Å². The molecule has 1 N–H and O–H groups in total. The third kappa shape index (κ3) is 2.82. The molecular formula is C12H8Cl2F3N. The van der Waals surface area contributed by atoms with Gasteiger partial charge in [-0.1, -0.05) is 29.3 Å². The Hall–Kier alpha value is -1.13. The van der Waals surface area contributed by atoms with E-state index in [2.05, 4.69) is 5.32 Å². The first-order valence-electron chi connectivity index (χ1n) is 5.04. The summed E-state index contributed by atoms with van der Waals surface area (Å²) < 4.78 is 37.8. The highest BCUT2D eigenvalue weighted by molar-refractivity contribution is 6.42. The Kier molecular flexibility index (Phi) is 3.59. The maximum atomic E-state index is 12.6. The van der Waals surface area contributed by atoms with Crippen molar-refractivity contribution in [3.8, 4) is 0 Å². The van der Waals surface area contributed by atoms with Crippen molar-refractivity contribution in [2.45, 2.75) is 6.18 Å². The number of benzene rings is 1. The van der Waals surface area contributed by atoms with Gasteiger partial charge < -0.3 is 5.32 Å². The minimum absolute atomic E-state index is 0.228. The monoisotopic (exact) mass is 293 g/mol. The van der Waals surface area contributed by atoms with Gasteiger partial charge in [-0.2, -0.15) is 13.2 Å². The van der Waals surface area contributed by atoms with Gasteiger partial charge in [0.05, 0.1) is 15.6 Å². The zero-order valence-electron chi connectivity index (χ0n) is 8.98. The third-order valence-corrected chi connectivity index (χ3v) is 3.24. The lowest BCUT2D eigenvalue weighted by atomic mass is 10.0. The lowest BCUT2D eigenvalue weighted by Crippen LogP contribution is -2.25. The number of hydrogen-bond acceptors (Lipinski definition) is 1. The maximum Gasteiger partial charge on any atom is 0.414 e. The van der Waals surface area contributed by atoms with E-state index in [-0.39, 0.29) is 6.54 Å². The summed E-state index contributed by atoms with van der Waals surface area (Å²) in [5.74, 6) is 0. The number of allylic oxidation sites excluding steroid dienone is 2. The van der Waals surface area contributed by atoms with E-state index in [1.54, 1.807) is 12.1 Å². The fraction of sp³-hybridized carbons (Fsp3) is 0.167. The van der Waals surface area contributed by atoms with Gasteiger partial charge in [0.25, 0.3) is 0 Å². The highest BCUT2D eigenvalue weighted by Crippen LogP contribution is 2.32. The quantitative estimate of drug-likeness (QED) is 0.808. The van der Waals surface area contributed by atoms with Crippen LogP contribution in [0, 0.1) is 0 Å². The lowest BCUT2D eigenvalue weighted by molar-refractivity contribution is -0.0927. The molecule has 0 radical (unpaired) electrons. The summed E-state index contributed by atoms with van der Waals surface area (Å²) in [4.78, 5) is 0. The Morgan fingerprint density at radius 1 is 1.11 bits per heavy atom. The molecule has 0 aromatic heterocycles. The number of nitrogens with one attached hydrogen (secondary N) is 1. The van der Waals surface area contributed by atoms with Crippen LogP contribution in [0.4, 0.5) is 13.2 Å². The molecule has 96 valence electrons. The number of alkyl halides is 3. The summed E-state index contributed by atoms with van der Waals surface area (Å²) in [6, 6.07) is 4.71. The molecule has 6 heteroatoms. The van der Waals surface area contributed by atoms with Crippen LogP contribution in [-0.4, -0.2) is 12.7 Å². The molecule has 0 amide bonds. The Labute approximate surface area is 112 Å². The van der Waals surface area contributed by atoms with Crippen molar-refractivity contribution >= 4 is 28.8 Å². The van der Waals surface area contributed by atoms with Crippen LogP contribution in [0.5, 0.6) is 0 Å². The summed E-state index contributed by atoms with van der Waals surface area (Å²) >= 11 is 11.6. The smallest absolute Gasteiger partial charge is 0.386 e. The molecular weight excluding hydrogens is 286 g/mol. The summed E-state index contributed by atoms with van der Waals surface area (Å²) in [6.45, 7) is -0.228. The van der Waals surface area contributed by atoms with Crippen LogP contribution in [0.25, 0.3) is 5.57 Å². The number of dihydropyridines is 1. The van der Waals surface area contributed by atoms with Crippen LogP contribution in [0.3, 0.4) is 0 Å². The fourth-order valence-electron chi connectivity index (χ4n) is 1.58. The van der Waals surface area contributed by atoms with Crippen molar-refractivity contribution in [3.05, 3.63) is 51.7 Å². The zero-order chi connectivity index (χ0) is 13.3. The predicted molar refractivity (Wildman–Crippen MR) is 66.6 cm³/mol. The minimum Gasteiger partial charge on any atom is -0.386 e. The van der Waals surface area contributed by atoms with Gasteiger partial charge in [0, 0.05) is 12.7 Å². The standard InChI is InChI=1S/C12H8Cl2F3N/c13-10-2-1-7(4-11(10)14)8-3-9(6-18-5-8)12(15,16)17/h1-5,18H,6H2. The van der Waals surface area contributed by atoms with E-state index < -0.39 is 11.7 Å². The molecule has 0 fully saturated rings. The van der Waals surface area contributed by atoms with E-state index in [4.69, 9.17) is 23.2 Å². The van der Waals surface area contributed by atoms with Crippen molar-refractivity contribution in [1.82, 2.24) is 5.32 Å². The molecule has 0 saturated carbocycles. The van der Waals surface area contributed by atoms with Gasteiger partial charge >= 0.3 is 6.18 Å². The SMILES string of the molecule is FC(F)(F)C1=CC(c2ccc(Cl)c(Cl)c2)=CNC1. The van der Waals surface area contributed by atoms with E-state index in [1.807, 2.05) is 0 Å². The fourth-order valence-corrected chi connectivity index (χ4v) is 1.87. The Morgan fingerprint density at radius 3 is 2.44 bits per heavy atom. The Bertz CT molecular complexity index is 533. The first kappa shape index (κ1) is 13.3. The third-order valence-electron chi connectivity index (χ3n) is 2.50. The molecule has 0 aliphatic carbocycles. The lowest BCUT2D eigenvalue weighted by Gasteiger charge is -2.18. The molecule has 0 unspecified atom stereocenters. The van der Waals surface area contributed by atoms with E-state index in [0.717, 1.165) is 6.08 Å². The maximum absolute atomic E-state index is 12.6. The molecule has 2 rings (SSSR count). The normalized spacial score (nSPS) is 15.8. The zero-order valence-corrected chi connectivity index (χ0v) is 10.5. The van der Waals surface area contributed by atoms with E-state index in [0.29, 0.717) is 21.2 Å². The van der Waals surface area contributed by atoms with Crippen molar-refractivity contribution in [2.24, 2.45) is 0 Å². The molecule has 1 heterocycles. The molecule has 18 heavy (non-hydrogen) atoms. The van der Waals surface area contributed by atoms with Gasteiger partial charge in [-0.3, -0.25) is 0 Å². The first-order valence-corrected chi connectivity index (χ1v) is 5.80. The van der Waals surface area contributed by atoms with E-state index >= 15 is 0 Å². The largest absolute Gasteiger partial charge is 0.414 e. The van der Waals surface area contributed by atoms with Gasteiger partial charge in [-0.25, -0.2) is 0 Å². The van der Waals surface area contributed by atoms with Gasteiger partial charge in [-0.15, -0.1) is 0 Å². The number of rotatable bonds is 1. The molecule has 1 aromatic carbocycles. The summed E-state index contributed by atoms with van der Waals surface area (Å²) in [6.07, 6.45) is -1.70. The van der Waals surface area contributed by atoms with Gasteiger partial charge in [0.1, 0.15) is 0 Å². The van der Waals surface area contributed by atoms with Gasteiger partial charge in [-0.05, 0) is 29.3 Å². The topological polar surface area (TPSA) is 12.0 Å². The van der Waals surface area contributed by atoms with Crippen LogP contribution in [0.15, 0.2) is 36.0 Å². The highest BCUT2D eigenvalue weighted by Gasteiger charge is 2.34. The highest BCUT2D eigenvalue weighted by atomic mass is 35.5. The molecule has 0 saturated heterocycles. The summed E-state index contributed by atoms with van der Waals surface area (Å²) in [5.41, 5.74) is 0.386. The molecule has 1 aliphatic rings. The average Bonchev–Trinajstić information content (AvgIpc) is 2.32. The molecule has 0 spiro atoms. The summed E-state index contributed by atoms with van der Waals surface area (Å²) in [5, 5.41) is 3.27. The predicted octanol–water partition coefficient (Wildman–Crippen LogP) is 4.43. The van der Waals surface area contributed by atoms with Crippen molar-refractivity contribution in [1.29, 1.82) is 0 Å². The Morgan fingerprint density at radius 2 is 1.83 bits per heavy atom. The van der Waals surface area contributed by atoms with Crippen molar-refractivity contribution in [2.75, 3.05) is 6.54 Å².